The van der Waals surface area contributed by atoms with E-state index in [9.17, 15) is 4.39 Å². The van der Waals surface area contributed by atoms with Crippen LogP contribution in [-0.2, 0) is 6.54 Å². The molecule has 0 aliphatic rings. The lowest BCUT2D eigenvalue weighted by molar-refractivity contribution is 0.628. The van der Waals surface area contributed by atoms with Gasteiger partial charge in [-0.25, -0.2) is 19.3 Å². The van der Waals surface area contributed by atoms with Crippen LogP contribution < -0.4 is 5.32 Å². The number of hydrogen-bond donors (Lipinski definition) is 1. The third kappa shape index (κ3) is 4.98. The summed E-state index contributed by atoms with van der Waals surface area (Å²) < 4.78 is 15.6. The third-order valence-electron chi connectivity index (χ3n) is 5.93. The molecule has 5 rings (SSSR count). The zero-order chi connectivity index (χ0) is 24.9. The van der Waals surface area contributed by atoms with Crippen LogP contribution in [0.4, 0.5) is 10.3 Å². The Morgan fingerprint density at radius 3 is 2.42 bits per heavy atom. The molecule has 0 amide bonds. The van der Waals surface area contributed by atoms with Crippen LogP contribution in [0.5, 0.6) is 0 Å². The lowest BCUT2D eigenvalue weighted by Gasteiger charge is -2.15. The van der Waals surface area contributed by atoms with E-state index in [1.807, 2.05) is 41.0 Å². The van der Waals surface area contributed by atoms with Crippen LogP contribution in [0.15, 0.2) is 97.5 Å². The fourth-order valence-corrected chi connectivity index (χ4v) is 4.05. The lowest BCUT2D eigenvalue weighted by atomic mass is 10.1. The third-order valence-corrected chi connectivity index (χ3v) is 5.93. The van der Waals surface area contributed by atoms with Gasteiger partial charge in [-0.2, -0.15) is 5.26 Å². The fraction of sp³-hybridized carbons (Fsp3) is 0.103. The molecule has 5 aromatic rings. The van der Waals surface area contributed by atoms with Gasteiger partial charge >= 0.3 is 0 Å². The van der Waals surface area contributed by atoms with Crippen LogP contribution in [-0.4, -0.2) is 19.5 Å². The molecule has 0 bridgehead atoms. The van der Waals surface area contributed by atoms with Crippen molar-refractivity contribution in [2.24, 2.45) is 0 Å². The van der Waals surface area contributed by atoms with Gasteiger partial charge in [0.1, 0.15) is 5.82 Å². The van der Waals surface area contributed by atoms with E-state index in [-0.39, 0.29) is 11.9 Å². The van der Waals surface area contributed by atoms with Crippen molar-refractivity contribution < 1.29 is 4.39 Å². The van der Waals surface area contributed by atoms with E-state index in [1.54, 1.807) is 36.8 Å². The smallest absolute Gasteiger partial charge is 0.223 e. The summed E-state index contributed by atoms with van der Waals surface area (Å²) in [6, 6.07) is 27.8. The minimum atomic E-state index is -0.305. The van der Waals surface area contributed by atoms with Crippen LogP contribution in [0, 0.1) is 17.1 Å². The Kier molecular flexibility index (Phi) is 6.50. The molecule has 0 unspecified atom stereocenters. The molecule has 0 aliphatic heterocycles. The first-order valence-corrected chi connectivity index (χ1v) is 11.6. The molecular weight excluding hydrogens is 451 g/mol. The fourth-order valence-electron chi connectivity index (χ4n) is 4.05. The van der Waals surface area contributed by atoms with Crippen molar-refractivity contribution in [2.45, 2.75) is 19.5 Å². The van der Waals surface area contributed by atoms with Crippen molar-refractivity contribution >= 4 is 5.95 Å². The van der Waals surface area contributed by atoms with Gasteiger partial charge in [-0.15, -0.1) is 0 Å². The first-order chi connectivity index (χ1) is 17.6. The highest BCUT2D eigenvalue weighted by Crippen LogP contribution is 2.31. The molecule has 0 radical (unpaired) electrons. The molecule has 1 N–H and O–H groups in total. The summed E-state index contributed by atoms with van der Waals surface area (Å²) in [4.78, 5) is 13.9. The van der Waals surface area contributed by atoms with E-state index < -0.39 is 0 Å². The van der Waals surface area contributed by atoms with Crippen LogP contribution >= 0.6 is 0 Å². The zero-order valence-electron chi connectivity index (χ0n) is 19.6. The summed E-state index contributed by atoms with van der Waals surface area (Å²) in [6.07, 6.45) is 3.48. The predicted molar refractivity (Wildman–Crippen MR) is 137 cm³/mol. The summed E-state index contributed by atoms with van der Waals surface area (Å²) in [7, 11) is 0. The lowest BCUT2D eigenvalue weighted by Crippen LogP contribution is -2.10. The SMILES string of the molecule is C[C@H](Nc1nccc(-c2c(-c3ccc(F)cc3)ncn2Cc2ccc(C#N)cc2)n1)c1ccccc1. The Hall–Kier alpha value is -4.83. The monoisotopic (exact) mass is 474 g/mol. The first kappa shape index (κ1) is 22.9. The number of hydrogen-bond acceptors (Lipinski definition) is 5. The predicted octanol–water partition coefficient (Wildman–Crippen LogP) is 6.24. The Labute approximate surface area is 208 Å². The summed E-state index contributed by atoms with van der Waals surface area (Å²) in [5.41, 5.74) is 5.73. The van der Waals surface area contributed by atoms with Crippen LogP contribution in [0.25, 0.3) is 22.6 Å². The number of nitriles is 1. The standard InChI is InChI=1S/C29H23FN6/c1-20(23-5-3-2-4-6-23)34-29-32-16-15-26(35-29)28-27(24-11-13-25(30)14-12-24)33-19-36(28)18-22-9-7-21(17-31)8-10-22/h2-16,19-20H,18H2,1H3,(H,32,34,35)/t20-/m0/s1. The van der Waals surface area contributed by atoms with E-state index in [1.165, 1.54) is 12.1 Å². The van der Waals surface area contributed by atoms with Gasteiger partial charge in [-0.1, -0.05) is 42.5 Å². The van der Waals surface area contributed by atoms with Crippen molar-refractivity contribution in [3.8, 4) is 28.7 Å². The second-order valence-electron chi connectivity index (χ2n) is 8.43. The number of nitrogens with one attached hydrogen (secondary N) is 1. The minimum Gasteiger partial charge on any atom is -0.348 e. The molecule has 3 aromatic carbocycles. The first-order valence-electron chi connectivity index (χ1n) is 11.6. The van der Waals surface area contributed by atoms with Gasteiger partial charge in [-0.05, 0) is 60.5 Å². The Balaban J connectivity index is 1.53. The minimum absolute atomic E-state index is 0.0154. The van der Waals surface area contributed by atoms with Crippen molar-refractivity contribution in [1.82, 2.24) is 19.5 Å². The molecule has 0 saturated carbocycles. The van der Waals surface area contributed by atoms with Crippen LogP contribution in [0.2, 0.25) is 0 Å². The van der Waals surface area contributed by atoms with E-state index in [4.69, 9.17) is 10.2 Å². The normalized spacial score (nSPS) is 11.6. The highest BCUT2D eigenvalue weighted by Gasteiger charge is 2.18. The van der Waals surface area contributed by atoms with Gasteiger partial charge in [0.05, 0.1) is 41.1 Å². The number of aromatic nitrogens is 4. The second kappa shape index (κ2) is 10.2. The maximum Gasteiger partial charge on any atom is 0.223 e. The average Bonchev–Trinajstić information content (AvgIpc) is 3.33. The van der Waals surface area contributed by atoms with Crippen LogP contribution in [0.1, 0.15) is 29.7 Å². The van der Waals surface area contributed by atoms with E-state index >= 15 is 0 Å². The maximum absolute atomic E-state index is 13.6. The van der Waals surface area contributed by atoms with Gasteiger partial charge < -0.3 is 9.88 Å². The molecule has 1 atom stereocenters. The molecule has 0 aliphatic carbocycles. The Morgan fingerprint density at radius 2 is 1.69 bits per heavy atom. The molecule has 7 heteroatoms. The van der Waals surface area contributed by atoms with Crippen molar-refractivity contribution in [3.05, 3.63) is 120 Å². The largest absolute Gasteiger partial charge is 0.348 e. The number of nitrogens with zero attached hydrogens (tertiary/aromatic N) is 5. The van der Waals surface area contributed by atoms with Gasteiger partial charge in [-0.3, -0.25) is 0 Å². The van der Waals surface area contributed by atoms with Crippen molar-refractivity contribution in [3.63, 3.8) is 0 Å². The summed E-state index contributed by atoms with van der Waals surface area (Å²) >= 11 is 0. The molecule has 36 heavy (non-hydrogen) atoms. The second-order valence-corrected chi connectivity index (χ2v) is 8.43. The van der Waals surface area contributed by atoms with Gasteiger partial charge in [0.2, 0.25) is 5.95 Å². The van der Waals surface area contributed by atoms with Crippen LogP contribution in [0.3, 0.4) is 0 Å². The summed E-state index contributed by atoms with van der Waals surface area (Å²) in [5, 5.41) is 12.5. The molecular formula is C29H23FN6. The molecule has 0 saturated heterocycles. The molecule has 2 heterocycles. The highest BCUT2D eigenvalue weighted by molar-refractivity contribution is 5.77. The van der Waals surface area contributed by atoms with Gasteiger partial charge in [0, 0.05) is 18.3 Å². The molecule has 176 valence electrons. The van der Waals surface area contributed by atoms with Gasteiger partial charge in [0.15, 0.2) is 0 Å². The number of benzene rings is 3. The quantitative estimate of drug-likeness (QED) is 0.302. The number of anilines is 1. The molecule has 6 nitrogen and oxygen atoms in total. The topological polar surface area (TPSA) is 79.4 Å². The number of rotatable bonds is 7. The van der Waals surface area contributed by atoms with Crippen molar-refractivity contribution in [1.29, 1.82) is 5.26 Å². The number of halogens is 1. The number of imidazole rings is 1. The molecule has 0 spiro atoms. The average molecular weight is 475 g/mol. The highest BCUT2D eigenvalue weighted by atomic mass is 19.1. The summed E-state index contributed by atoms with van der Waals surface area (Å²) in [5.74, 6) is 0.195. The van der Waals surface area contributed by atoms with Gasteiger partial charge in [0.25, 0.3) is 0 Å². The Bertz CT molecular complexity index is 1500. The summed E-state index contributed by atoms with van der Waals surface area (Å²) in [6.45, 7) is 2.59. The maximum atomic E-state index is 13.6. The van der Waals surface area contributed by atoms with E-state index in [0.717, 1.165) is 22.4 Å². The Morgan fingerprint density at radius 1 is 0.944 bits per heavy atom. The molecule has 0 fully saturated rings. The molecule has 2 aromatic heterocycles. The van der Waals surface area contributed by atoms with E-state index in [0.29, 0.717) is 29.4 Å². The zero-order valence-corrected chi connectivity index (χ0v) is 19.6. The van der Waals surface area contributed by atoms with E-state index in [2.05, 4.69) is 40.4 Å². The van der Waals surface area contributed by atoms with Crippen molar-refractivity contribution in [2.75, 3.05) is 5.32 Å².